The molecule has 0 fully saturated rings. The van der Waals surface area contributed by atoms with Crippen molar-refractivity contribution in [2.75, 3.05) is 19.9 Å². The van der Waals surface area contributed by atoms with E-state index >= 15 is 0 Å². The average molecular weight is 388 g/mol. The summed E-state index contributed by atoms with van der Waals surface area (Å²) in [4.78, 5) is 32.5. The molecule has 0 aliphatic heterocycles. The molecule has 2 N–H and O–H groups in total. The maximum Gasteiger partial charge on any atom is 0.321 e. The number of carbonyl (C=O) groups is 2. The SMILES string of the molecule is CNC(=O)NC(=O)CSc1ncnc2scc(-c3cccc(OC)c3)c12. The third-order valence-corrected chi connectivity index (χ3v) is 5.41. The minimum absolute atomic E-state index is 0.0763. The lowest BCUT2D eigenvalue weighted by Gasteiger charge is -2.07. The summed E-state index contributed by atoms with van der Waals surface area (Å²) in [6.45, 7) is 0. The third-order valence-electron chi connectivity index (χ3n) is 3.54. The standard InChI is InChI=1S/C17H16N4O3S2/c1-18-17(23)21-13(22)8-26-16-14-12(7-25-15(14)19-9-20-16)10-4-3-5-11(6-10)24-2/h3-7,9H,8H2,1-2H3,(H2,18,21,22,23). The van der Waals surface area contributed by atoms with Crippen LogP contribution in [-0.2, 0) is 4.79 Å². The van der Waals surface area contributed by atoms with Gasteiger partial charge in [0.05, 0.1) is 18.2 Å². The Labute approximate surface area is 158 Å². The van der Waals surface area contributed by atoms with E-state index in [-0.39, 0.29) is 11.7 Å². The molecule has 134 valence electrons. The molecule has 3 rings (SSSR count). The van der Waals surface area contributed by atoms with Crippen LogP contribution in [-0.4, -0.2) is 41.8 Å². The number of ether oxygens (including phenoxy) is 1. The lowest BCUT2D eigenvalue weighted by atomic mass is 10.1. The molecule has 0 saturated heterocycles. The highest BCUT2D eigenvalue weighted by molar-refractivity contribution is 8.00. The van der Waals surface area contributed by atoms with Crippen molar-refractivity contribution in [1.29, 1.82) is 0 Å². The molecule has 2 aromatic heterocycles. The van der Waals surface area contributed by atoms with Gasteiger partial charge in [-0.05, 0) is 17.7 Å². The summed E-state index contributed by atoms with van der Waals surface area (Å²) in [5.74, 6) is 0.449. The normalized spacial score (nSPS) is 10.5. The zero-order chi connectivity index (χ0) is 18.5. The maximum atomic E-state index is 11.8. The maximum absolute atomic E-state index is 11.8. The van der Waals surface area contributed by atoms with Gasteiger partial charge in [-0.25, -0.2) is 14.8 Å². The summed E-state index contributed by atoms with van der Waals surface area (Å²) < 4.78 is 5.30. The first-order valence-electron chi connectivity index (χ1n) is 7.63. The van der Waals surface area contributed by atoms with Gasteiger partial charge in [0.1, 0.15) is 21.9 Å². The molecule has 7 nitrogen and oxygen atoms in total. The van der Waals surface area contributed by atoms with E-state index in [2.05, 4.69) is 20.6 Å². The number of nitrogens with zero attached hydrogens (tertiary/aromatic N) is 2. The second-order valence-corrected chi connectivity index (χ2v) is 6.98. The van der Waals surface area contributed by atoms with E-state index in [1.165, 1.54) is 36.5 Å². The molecule has 3 amide bonds. The average Bonchev–Trinajstić information content (AvgIpc) is 3.11. The van der Waals surface area contributed by atoms with Gasteiger partial charge < -0.3 is 10.1 Å². The minimum atomic E-state index is -0.531. The van der Waals surface area contributed by atoms with Crippen LogP contribution in [0.4, 0.5) is 4.79 Å². The number of fused-ring (bicyclic) bond motifs is 1. The minimum Gasteiger partial charge on any atom is -0.497 e. The van der Waals surface area contributed by atoms with Gasteiger partial charge in [-0.2, -0.15) is 0 Å². The number of thioether (sulfide) groups is 1. The highest BCUT2D eigenvalue weighted by Crippen LogP contribution is 2.38. The number of amides is 3. The Morgan fingerprint density at radius 1 is 1.31 bits per heavy atom. The summed E-state index contributed by atoms with van der Waals surface area (Å²) in [7, 11) is 3.08. The van der Waals surface area contributed by atoms with Crippen LogP contribution in [0.5, 0.6) is 5.75 Å². The van der Waals surface area contributed by atoms with E-state index in [9.17, 15) is 9.59 Å². The number of imide groups is 1. The zero-order valence-corrected chi connectivity index (χ0v) is 15.7. The molecular weight excluding hydrogens is 372 g/mol. The van der Waals surface area contributed by atoms with Crippen molar-refractivity contribution in [2.45, 2.75) is 5.03 Å². The monoisotopic (exact) mass is 388 g/mol. The first-order chi connectivity index (χ1) is 12.6. The van der Waals surface area contributed by atoms with Crippen LogP contribution in [0, 0.1) is 0 Å². The van der Waals surface area contributed by atoms with Gasteiger partial charge >= 0.3 is 6.03 Å². The van der Waals surface area contributed by atoms with Gasteiger partial charge in [0.2, 0.25) is 5.91 Å². The molecule has 0 unspecified atom stereocenters. The second kappa shape index (κ2) is 8.15. The Hall–Kier alpha value is -2.65. The van der Waals surface area contributed by atoms with Crippen LogP contribution in [0.25, 0.3) is 21.3 Å². The highest BCUT2D eigenvalue weighted by Gasteiger charge is 2.15. The Bertz CT molecular complexity index is 958. The van der Waals surface area contributed by atoms with Gasteiger partial charge in [-0.1, -0.05) is 23.9 Å². The number of methoxy groups -OCH3 is 1. The Morgan fingerprint density at radius 2 is 2.15 bits per heavy atom. The fourth-order valence-electron chi connectivity index (χ4n) is 2.32. The van der Waals surface area contributed by atoms with E-state index in [0.717, 1.165) is 27.1 Å². The zero-order valence-electron chi connectivity index (χ0n) is 14.1. The number of urea groups is 1. The molecule has 0 bridgehead atoms. The third kappa shape index (κ3) is 3.94. The van der Waals surface area contributed by atoms with Crippen molar-refractivity contribution in [3.63, 3.8) is 0 Å². The smallest absolute Gasteiger partial charge is 0.321 e. The predicted molar refractivity (Wildman–Crippen MR) is 103 cm³/mol. The number of hydrogen-bond donors (Lipinski definition) is 2. The van der Waals surface area contributed by atoms with Crippen molar-refractivity contribution in [3.8, 4) is 16.9 Å². The molecule has 0 saturated carbocycles. The Kier molecular flexibility index (Phi) is 5.69. The highest BCUT2D eigenvalue weighted by atomic mass is 32.2. The molecule has 26 heavy (non-hydrogen) atoms. The van der Waals surface area contributed by atoms with Gasteiger partial charge in [0.25, 0.3) is 0 Å². The summed E-state index contributed by atoms with van der Waals surface area (Å²) in [6, 6.07) is 7.21. The van der Waals surface area contributed by atoms with E-state index in [4.69, 9.17) is 4.74 Å². The molecule has 2 heterocycles. The van der Waals surface area contributed by atoms with Crippen LogP contribution in [0.15, 0.2) is 41.0 Å². The summed E-state index contributed by atoms with van der Waals surface area (Å²) >= 11 is 2.78. The number of hydrogen-bond acceptors (Lipinski definition) is 7. The quantitative estimate of drug-likeness (QED) is 0.516. The van der Waals surface area contributed by atoms with E-state index in [0.29, 0.717) is 5.03 Å². The van der Waals surface area contributed by atoms with Crippen molar-refractivity contribution in [3.05, 3.63) is 36.0 Å². The lowest BCUT2D eigenvalue weighted by Crippen LogP contribution is -2.38. The summed E-state index contributed by atoms with van der Waals surface area (Å²) in [5, 5.41) is 8.19. The number of carbonyl (C=O) groups excluding carboxylic acids is 2. The predicted octanol–water partition coefficient (Wildman–Crippen LogP) is 2.91. The fourth-order valence-corrected chi connectivity index (χ4v) is 4.11. The van der Waals surface area contributed by atoms with Crippen molar-refractivity contribution in [1.82, 2.24) is 20.6 Å². The van der Waals surface area contributed by atoms with Crippen LogP contribution in [0.2, 0.25) is 0 Å². The van der Waals surface area contributed by atoms with Gasteiger partial charge in [0, 0.05) is 18.0 Å². The Morgan fingerprint density at radius 3 is 2.92 bits per heavy atom. The van der Waals surface area contributed by atoms with Crippen molar-refractivity contribution < 1.29 is 14.3 Å². The van der Waals surface area contributed by atoms with Crippen LogP contribution >= 0.6 is 23.1 Å². The van der Waals surface area contributed by atoms with E-state index < -0.39 is 6.03 Å². The van der Waals surface area contributed by atoms with E-state index in [1.807, 2.05) is 29.6 Å². The molecule has 0 aliphatic rings. The van der Waals surface area contributed by atoms with Crippen LogP contribution in [0.3, 0.4) is 0 Å². The number of rotatable bonds is 5. The number of benzene rings is 1. The van der Waals surface area contributed by atoms with Gasteiger partial charge in [-0.3, -0.25) is 10.1 Å². The lowest BCUT2D eigenvalue weighted by molar-refractivity contribution is -0.117. The molecule has 1 aromatic carbocycles. The number of thiophene rings is 1. The topological polar surface area (TPSA) is 93.2 Å². The van der Waals surface area contributed by atoms with Crippen LogP contribution in [0.1, 0.15) is 0 Å². The van der Waals surface area contributed by atoms with Gasteiger partial charge in [0.15, 0.2) is 0 Å². The molecule has 0 aliphatic carbocycles. The van der Waals surface area contributed by atoms with Gasteiger partial charge in [-0.15, -0.1) is 11.3 Å². The second-order valence-electron chi connectivity index (χ2n) is 5.16. The first-order valence-corrected chi connectivity index (χ1v) is 9.50. The van der Waals surface area contributed by atoms with E-state index in [1.54, 1.807) is 7.11 Å². The molecule has 0 spiro atoms. The number of nitrogens with one attached hydrogen (secondary N) is 2. The number of aromatic nitrogens is 2. The molecule has 0 radical (unpaired) electrons. The fraction of sp³-hybridized carbons (Fsp3) is 0.176. The molecule has 0 atom stereocenters. The summed E-state index contributed by atoms with van der Waals surface area (Å²) in [5.41, 5.74) is 1.97. The van der Waals surface area contributed by atoms with Crippen molar-refractivity contribution in [2.24, 2.45) is 0 Å². The summed E-state index contributed by atoms with van der Waals surface area (Å²) in [6.07, 6.45) is 1.48. The van der Waals surface area contributed by atoms with Crippen LogP contribution < -0.4 is 15.4 Å². The first kappa shape index (κ1) is 18.2. The largest absolute Gasteiger partial charge is 0.497 e. The molecular formula is C17H16N4O3S2. The Balaban J connectivity index is 1.90. The molecule has 9 heteroatoms. The van der Waals surface area contributed by atoms with Crippen molar-refractivity contribution >= 4 is 45.3 Å². The molecule has 3 aromatic rings.